The SMILES string of the molecule is CC(=O)NCCOc1ccc(N=C(N)CCl)cc1. The van der Waals surface area contributed by atoms with Gasteiger partial charge in [0.05, 0.1) is 18.1 Å². The molecule has 0 saturated carbocycles. The fraction of sp³-hybridized carbons (Fsp3) is 0.333. The van der Waals surface area contributed by atoms with Crippen molar-refractivity contribution in [1.82, 2.24) is 5.32 Å². The summed E-state index contributed by atoms with van der Waals surface area (Å²) in [5, 5.41) is 2.64. The lowest BCUT2D eigenvalue weighted by atomic mass is 10.3. The van der Waals surface area contributed by atoms with E-state index in [1.807, 2.05) is 0 Å². The van der Waals surface area contributed by atoms with Crippen LogP contribution in [0.15, 0.2) is 29.3 Å². The van der Waals surface area contributed by atoms with Crippen molar-refractivity contribution in [3.8, 4) is 5.75 Å². The number of alkyl halides is 1. The minimum absolute atomic E-state index is 0.0696. The number of carbonyl (C=O) groups excluding carboxylic acids is 1. The molecular weight excluding hydrogens is 254 g/mol. The van der Waals surface area contributed by atoms with Crippen molar-refractivity contribution in [3.05, 3.63) is 24.3 Å². The van der Waals surface area contributed by atoms with E-state index < -0.39 is 0 Å². The first-order valence-corrected chi connectivity index (χ1v) is 6.01. The van der Waals surface area contributed by atoms with Crippen molar-refractivity contribution in [2.45, 2.75) is 6.92 Å². The predicted molar refractivity (Wildman–Crippen MR) is 72.6 cm³/mol. The van der Waals surface area contributed by atoms with Crippen LogP contribution in [0.5, 0.6) is 5.75 Å². The molecule has 0 atom stereocenters. The van der Waals surface area contributed by atoms with Crippen molar-refractivity contribution < 1.29 is 9.53 Å². The van der Waals surface area contributed by atoms with Crippen LogP contribution in [-0.2, 0) is 4.79 Å². The van der Waals surface area contributed by atoms with E-state index in [1.54, 1.807) is 24.3 Å². The molecule has 1 rings (SSSR count). The smallest absolute Gasteiger partial charge is 0.216 e. The maximum atomic E-state index is 10.6. The first kappa shape index (κ1) is 14.3. The number of nitrogens with zero attached hydrogens (tertiary/aromatic N) is 1. The average molecular weight is 270 g/mol. The van der Waals surface area contributed by atoms with Gasteiger partial charge in [0.15, 0.2) is 0 Å². The largest absolute Gasteiger partial charge is 0.492 e. The number of carbonyl (C=O) groups is 1. The molecule has 0 heterocycles. The fourth-order valence-corrected chi connectivity index (χ4v) is 1.27. The number of rotatable bonds is 6. The molecule has 0 aliphatic carbocycles. The lowest BCUT2D eigenvalue weighted by Crippen LogP contribution is -2.25. The van der Waals surface area contributed by atoms with E-state index in [4.69, 9.17) is 22.1 Å². The normalized spacial score (nSPS) is 11.1. The van der Waals surface area contributed by atoms with Gasteiger partial charge in [-0.2, -0.15) is 0 Å². The van der Waals surface area contributed by atoms with E-state index in [1.165, 1.54) is 6.92 Å². The Morgan fingerprint density at radius 1 is 1.44 bits per heavy atom. The zero-order valence-corrected chi connectivity index (χ0v) is 10.9. The van der Waals surface area contributed by atoms with E-state index in [0.717, 1.165) is 5.69 Å². The van der Waals surface area contributed by atoms with Gasteiger partial charge >= 0.3 is 0 Å². The second-order valence-electron chi connectivity index (χ2n) is 3.56. The minimum Gasteiger partial charge on any atom is -0.492 e. The average Bonchev–Trinajstić information content (AvgIpc) is 2.36. The van der Waals surface area contributed by atoms with Gasteiger partial charge in [0.25, 0.3) is 0 Å². The second-order valence-corrected chi connectivity index (χ2v) is 3.83. The van der Waals surface area contributed by atoms with E-state index in [2.05, 4.69) is 10.3 Å². The highest BCUT2D eigenvalue weighted by Gasteiger charge is 1.96. The van der Waals surface area contributed by atoms with E-state index >= 15 is 0 Å². The van der Waals surface area contributed by atoms with E-state index in [-0.39, 0.29) is 11.8 Å². The third-order valence-electron chi connectivity index (χ3n) is 1.99. The number of amidine groups is 1. The molecule has 6 heteroatoms. The van der Waals surface area contributed by atoms with Crippen molar-refractivity contribution in [2.75, 3.05) is 19.0 Å². The summed E-state index contributed by atoms with van der Waals surface area (Å²) in [5.74, 6) is 1.22. The van der Waals surface area contributed by atoms with Gasteiger partial charge < -0.3 is 15.8 Å². The van der Waals surface area contributed by atoms with Crippen LogP contribution < -0.4 is 15.8 Å². The maximum Gasteiger partial charge on any atom is 0.216 e. The molecule has 18 heavy (non-hydrogen) atoms. The van der Waals surface area contributed by atoms with Crippen molar-refractivity contribution in [3.63, 3.8) is 0 Å². The number of hydrogen-bond donors (Lipinski definition) is 2. The predicted octanol–water partition coefficient (Wildman–Crippen LogP) is 1.43. The molecule has 5 nitrogen and oxygen atoms in total. The molecule has 0 saturated heterocycles. The van der Waals surface area contributed by atoms with Crippen LogP contribution in [0, 0.1) is 0 Å². The summed E-state index contributed by atoms with van der Waals surface area (Å²) in [6.07, 6.45) is 0. The summed E-state index contributed by atoms with van der Waals surface area (Å²) in [7, 11) is 0. The summed E-state index contributed by atoms with van der Waals surface area (Å²) >= 11 is 5.53. The Labute approximate surface area is 111 Å². The Morgan fingerprint density at radius 2 is 2.11 bits per heavy atom. The summed E-state index contributed by atoms with van der Waals surface area (Å²) < 4.78 is 5.42. The number of ether oxygens (including phenoxy) is 1. The molecule has 0 aromatic heterocycles. The summed E-state index contributed by atoms with van der Waals surface area (Å²) in [6, 6.07) is 7.14. The van der Waals surface area contributed by atoms with Crippen LogP contribution in [0.25, 0.3) is 0 Å². The first-order chi connectivity index (χ1) is 8.61. The maximum absolute atomic E-state index is 10.6. The quantitative estimate of drug-likeness (QED) is 0.355. The van der Waals surface area contributed by atoms with Gasteiger partial charge in [0.2, 0.25) is 5.91 Å². The third-order valence-corrected chi connectivity index (χ3v) is 2.26. The number of nitrogens with one attached hydrogen (secondary N) is 1. The Balaban J connectivity index is 2.43. The number of hydrogen-bond acceptors (Lipinski definition) is 3. The molecule has 1 aromatic carbocycles. The minimum atomic E-state index is -0.0696. The highest BCUT2D eigenvalue weighted by molar-refractivity contribution is 6.28. The summed E-state index contributed by atoms with van der Waals surface area (Å²) in [4.78, 5) is 14.7. The van der Waals surface area contributed by atoms with Crippen molar-refractivity contribution >= 4 is 29.0 Å². The van der Waals surface area contributed by atoms with Gasteiger partial charge in [-0.1, -0.05) is 0 Å². The molecule has 3 N–H and O–H groups in total. The van der Waals surface area contributed by atoms with Gasteiger partial charge in [0, 0.05) is 6.92 Å². The second kappa shape index (κ2) is 7.55. The molecule has 0 spiro atoms. The fourth-order valence-electron chi connectivity index (χ4n) is 1.21. The molecule has 0 unspecified atom stereocenters. The lowest BCUT2D eigenvalue weighted by Gasteiger charge is -2.06. The molecule has 0 radical (unpaired) electrons. The van der Waals surface area contributed by atoms with E-state index in [0.29, 0.717) is 24.7 Å². The van der Waals surface area contributed by atoms with Crippen LogP contribution in [0.1, 0.15) is 6.92 Å². The zero-order chi connectivity index (χ0) is 13.4. The van der Waals surface area contributed by atoms with Crippen molar-refractivity contribution in [2.24, 2.45) is 10.7 Å². The number of nitrogens with two attached hydrogens (primary N) is 1. The molecule has 1 amide bonds. The third kappa shape index (κ3) is 5.54. The topological polar surface area (TPSA) is 76.7 Å². The van der Waals surface area contributed by atoms with Gasteiger partial charge in [-0.05, 0) is 24.3 Å². The van der Waals surface area contributed by atoms with Crippen LogP contribution >= 0.6 is 11.6 Å². The van der Waals surface area contributed by atoms with Crippen LogP contribution in [-0.4, -0.2) is 30.8 Å². The summed E-state index contributed by atoms with van der Waals surface area (Å²) in [5.41, 5.74) is 6.24. The summed E-state index contributed by atoms with van der Waals surface area (Å²) in [6.45, 7) is 2.37. The molecule has 1 aromatic rings. The Hall–Kier alpha value is -1.75. The lowest BCUT2D eigenvalue weighted by molar-refractivity contribution is -0.119. The van der Waals surface area contributed by atoms with Crippen molar-refractivity contribution in [1.29, 1.82) is 0 Å². The molecule has 0 fully saturated rings. The monoisotopic (exact) mass is 269 g/mol. The highest BCUT2D eigenvalue weighted by Crippen LogP contribution is 2.17. The molecular formula is C12H16ClN3O2. The zero-order valence-electron chi connectivity index (χ0n) is 10.1. The van der Waals surface area contributed by atoms with Crippen LogP contribution in [0.2, 0.25) is 0 Å². The van der Waals surface area contributed by atoms with Crippen LogP contribution in [0.3, 0.4) is 0 Å². The van der Waals surface area contributed by atoms with Gasteiger partial charge in [-0.15, -0.1) is 11.6 Å². The highest BCUT2D eigenvalue weighted by atomic mass is 35.5. The first-order valence-electron chi connectivity index (χ1n) is 5.48. The van der Waals surface area contributed by atoms with Crippen LogP contribution in [0.4, 0.5) is 5.69 Å². The van der Waals surface area contributed by atoms with E-state index in [9.17, 15) is 4.79 Å². The van der Waals surface area contributed by atoms with Gasteiger partial charge in [-0.25, -0.2) is 4.99 Å². The molecule has 98 valence electrons. The Kier molecular flexibility index (Phi) is 6.00. The van der Waals surface area contributed by atoms with Gasteiger partial charge in [-0.3, -0.25) is 4.79 Å². The number of halogens is 1. The Morgan fingerprint density at radius 3 is 2.67 bits per heavy atom. The Bertz CT molecular complexity index is 418. The number of amides is 1. The standard InChI is InChI=1S/C12H16ClN3O2/c1-9(17)15-6-7-18-11-4-2-10(3-5-11)16-12(14)8-13/h2-5H,6-8H2,1H3,(H2,14,16)(H,15,17). The molecule has 0 bridgehead atoms. The number of aliphatic imine (C=N–C) groups is 1. The molecule has 0 aliphatic heterocycles. The molecule has 0 aliphatic rings. The van der Waals surface area contributed by atoms with Gasteiger partial charge in [0.1, 0.15) is 18.2 Å². The number of benzene rings is 1.